The molecule has 0 aliphatic rings. The number of nitrogens with one attached hydrogen (secondary N) is 2. The van der Waals surface area contributed by atoms with Gasteiger partial charge in [-0.25, -0.2) is 4.79 Å². The summed E-state index contributed by atoms with van der Waals surface area (Å²) in [6.45, 7) is 0.729. The third kappa shape index (κ3) is 5.87. The minimum Gasteiger partial charge on any atom is -0.473 e. The predicted octanol–water partition coefficient (Wildman–Crippen LogP) is 3.33. The number of halogens is 1. The van der Waals surface area contributed by atoms with Crippen molar-refractivity contribution in [3.8, 4) is 5.75 Å². The van der Waals surface area contributed by atoms with Gasteiger partial charge < -0.3 is 15.4 Å². The average molecular weight is 349 g/mol. The van der Waals surface area contributed by atoms with Crippen LogP contribution in [0.25, 0.3) is 0 Å². The number of hydrogen-bond acceptors (Lipinski definition) is 2. The molecule has 2 N–H and O–H groups in total. The second kappa shape index (κ2) is 8.32. The summed E-state index contributed by atoms with van der Waals surface area (Å²) >= 11 is 3.39. The molecule has 2 aromatic carbocycles. The van der Waals surface area contributed by atoms with E-state index < -0.39 is 0 Å². The Bertz CT molecular complexity index is 558. The molecule has 0 spiro atoms. The summed E-state index contributed by atoms with van der Waals surface area (Å²) in [5, 5.41) is 5.44. The van der Waals surface area contributed by atoms with Crippen molar-refractivity contribution in [2.24, 2.45) is 0 Å². The summed E-state index contributed by atoms with van der Waals surface area (Å²) in [6.07, 6.45) is 0.792. The number of hydrogen-bond donors (Lipinski definition) is 2. The second-order valence-corrected chi connectivity index (χ2v) is 5.33. The Labute approximate surface area is 132 Å². The van der Waals surface area contributed by atoms with Crippen molar-refractivity contribution in [1.29, 1.82) is 0 Å². The zero-order valence-corrected chi connectivity index (χ0v) is 13.1. The van der Waals surface area contributed by atoms with Gasteiger partial charge in [-0.3, -0.25) is 0 Å². The topological polar surface area (TPSA) is 50.4 Å². The van der Waals surface area contributed by atoms with Crippen molar-refractivity contribution in [2.75, 3.05) is 13.3 Å². The zero-order valence-electron chi connectivity index (χ0n) is 11.5. The lowest BCUT2D eigenvalue weighted by Gasteiger charge is -2.09. The van der Waals surface area contributed by atoms with Gasteiger partial charge in [0.25, 0.3) is 0 Å². The van der Waals surface area contributed by atoms with Gasteiger partial charge in [0.15, 0.2) is 6.73 Å². The zero-order chi connectivity index (χ0) is 14.9. The summed E-state index contributed by atoms with van der Waals surface area (Å²) < 4.78 is 6.43. The van der Waals surface area contributed by atoms with Gasteiger partial charge in [-0.15, -0.1) is 0 Å². The van der Waals surface area contributed by atoms with Crippen LogP contribution >= 0.6 is 15.9 Å². The molecule has 0 fully saturated rings. The normalized spacial score (nSPS) is 9.95. The molecular weight excluding hydrogens is 332 g/mol. The molecule has 0 radical (unpaired) electrons. The maximum atomic E-state index is 11.6. The molecule has 0 aromatic heterocycles. The smallest absolute Gasteiger partial charge is 0.317 e. The molecule has 2 rings (SSSR count). The van der Waals surface area contributed by atoms with Gasteiger partial charge in [-0.1, -0.05) is 46.3 Å². The van der Waals surface area contributed by atoms with Crippen molar-refractivity contribution >= 4 is 22.0 Å². The molecule has 110 valence electrons. The first-order chi connectivity index (χ1) is 10.2. The molecule has 0 saturated heterocycles. The van der Waals surface area contributed by atoms with E-state index in [2.05, 4.69) is 26.6 Å². The van der Waals surface area contributed by atoms with E-state index in [4.69, 9.17) is 4.74 Å². The Morgan fingerprint density at radius 1 is 1.00 bits per heavy atom. The van der Waals surface area contributed by atoms with Crippen molar-refractivity contribution in [3.05, 3.63) is 64.6 Å². The molecule has 0 atom stereocenters. The molecule has 0 bridgehead atoms. The number of carbonyl (C=O) groups excluding carboxylic acids is 1. The number of rotatable bonds is 6. The van der Waals surface area contributed by atoms with Crippen LogP contribution in [0.4, 0.5) is 4.79 Å². The molecule has 2 aromatic rings. The van der Waals surface area contributed by atoms with Crippen LogP contribution in [0.15, 0.2) is 59.1 Å². The quantitative estimate of drug-likeness (QED) is 0.786. The Kier molecular flexibility index (Phi) is 6.09. The molecule has 21 heavy (non-hydrogen) atoms. The van der Waals surface area contributed by atoms with Gasteiger partial charge in [-0.2, -0.15) is 0 Å². The first kappa shape index (κ1) is 15.4. The molecule has 0 saturated carbocycles. The second-order valence-electron chi connectivity index (χ2n) is 4.41. The van der Waals surface area contributed by atoms with Crippen molar-refractivity contribution in [1.82, 2.24) is 10.6 Å². The first-order valence-corrected chi connectivity index (χ1v) is 7.47. The molecule has 0 aliphatic carbocycles. The third-order valence-corrected chi connectivity index (χ3v) is 3.36. The van der Waals surface area contributed by atoms with E-state index >= 15 is 0 Å². The Morgan fingerprint density at radius 2 is 1.71 bits per heavy atom. The highest BCUT2D eigenvalue weighted by molar-refractivity contribution is 9.10. The van der Waals surface area contributed by atoms with E-state index in [1.54, 1.807) is 0 Å². The fourth-order valence-electron chi connectivity index (χ4n) is 1.74. The minimum absolute atomic E-state index is 0.147. The Balaban J connectivity index is 1.60. The number of benzene rings is 2. The van der Waals surface area contributed by atoms with Gasteiger partial charge >= 0.3 is 6.03 Å². The number of carbonyl (C=O) groups is 1. The van der Waals surface area contributed by atoms with Gasteiger partial charge in [0, 0.05) is 11.0 Å². The molecule has 0 aliphatic heterocycles. The Morgan fingerprint density at radius 3 is 2.43 bits per heavy atom. The average Bonchev–Trinajstić information content (AvgIpc) is 2.50. The van der Waals surface area contributed by atoms with E-state index in [-0.39, 0.29) is 12.8 Å². The summed E-state index contributed by atoms with van der Waals surface area (Å²) in [7, 11) is 0. The van der Waals surface area contributed by atoms with Gasteiger partial charge in [0.05, 0.1) is 0 Å². The van der Waals surface area contributed by atoms with Gasteiger partial charge in [0.2, 0.25) is 0 Å². The van der Waals surface area contributed by atoms with Crippen molar-refractivity contribution in [3.63, 3.8) is 0 Å². The highest BCUT2D eigenvalue weighted by atomic mass is 79.9. The van der Waals surface area contributed by atoms with Crippen LogP contribution in [-0.4, -0.2) is 19.3 Å². The monoisotopic (exact) mass is 348 g/mol. The van der Waals surface area contributed by atoms with E-state index in [1.165, 1.54) is 5.56 Å². The molecule has 4 nitrogen and oxygen atoms in total. The highest BCUT2D eigenvalue weighted by Gasteiger charge is 2.00. The minimum atomic E-state index is -0.233. The summed E-state index contributed by atoms with van der Waals surface area (Å²) in [5.41, 5.74) is 1.18. The van der Waals surface area contributed by atoms with Crippen LogP contribution in [0, 0.1) is 0 Å². The predicted molar refractivity (Wildman–Crippen MR) is 86.3 cm³/mol. The lowest BCUT2D eigenvalue weighted by atomic mass is 10.1. The SMILES string of the molecule is O=C(NCCc1ccc(Br)cc1)NCOc1ccccc1. The van der Waals surface area contributed by atoms with E-state index in [1.807, 2.05) is 54.6 Å². The third-order valence-electron chi connectivity index (χ3n) is 2.83. The van der Waals surface area contributed by atoms with Gasteiger partial charge in [-0.05, 0) is 36.2 Å². The fourth-order valence-corrected chi connectivity index (χ4v) is 2.00. The first-order valence-electron chi connectivity index (χ1n) is 6.68. The standard InChI is InChI=1S/C16H17BrN2O2/c17-14-8-6-13(7-9-14)10-11-18-16(20)19-12-21-15-4-2-1-3-5-15/h1-9H,10-12H2,(H2,18,19,20). The summed E-state index contributed by atoms with van der Waals surface area (Å²) in [6, 6.07) is 17.2. The maximum absolute atomic E-state index is 11.6. The van der Waals surface area contributed by atoms with Crippen LogP contribution in [-0.2, 0) is 6.42 Å². The summed E-state index contributed by atoms with van der Waals surface area (Å²) in [5.74, 6) is 0.729. The van der Waals surface area contributed by atoms with Crippen LogP contribution in [0.1, 0.15) is 5.56 Å². The van der Waals surface area contributed by atoms with Crippen LogP contribution < -0.4 is 15.4 Å². The van der Waals surface area contributed by atoms with Crippen LogP contribution in [0.3, 0.4) is 0 Å². The summed E-state index contributed by atoms with van der Waals surface area (Å²) in [4.78, 5) is 11.6. The highest BCUT2D eigenvalue weighted by Crippen LogP contribution is 2.10. The molecular formula is C16H17BrN2O2. The number of ether oxygens (including phenoxy) is 1. The molecule has 0 unspecified atom stereocenters. The number of para-hydroxylation sites is 1. The maximum Gasteiger partial charge on any atom is 0.317 e. The van der Waals surface area contributed by atoms with E-state index in [0.717, 1.165) is 16.6 Å². The fraction of sp³-hybridized carbons (Fsp3) is 0.188. The number of urea groups is 1. The molecule has 0 heterocycles. The molecule has 2 amide bonds. The lowest BCUT2D eigenvalue weighted by molar-refractivity contribution is 0.224. The molecule has 5 heteroatoms. The van der Waals surface area contributed by atoms with Crippen molar-refractivity contribution < 1.29 is 9.53 Å². The Hall–Kier alpha value is -2.01. The van der Waals surface area contributed by atoms with E-state index in [0.29, 0.717) is 6.54 Å². The van der Waals surface area contributed by atoms with Gasteiger partial charge in [0.1, 0.15) is 5.75 Å². The van der Waals surface area contributed by atoms with Crippen LogP contribution in [0.5, 0.6) is 5.75 Å². The van der Waals surface area contributed by atoms with Crippen molar-refractivity contribution in [2.45, 2.75) is 6.42 Å². The largest absolute Gasteiger partial charge is 0.473 e. The van der Waals surface area contributed by atoms with E-state index in [9.17, 15) is 4.79 Å². The number of amides is 2. The lowest BCUT2D eigenvalue weighted by Crippen LogP contribution is -2.38. The van der Waals surface area contributed by atoms with Crippen LogP contribution in [0.2, 0.25) is 0 Å².